The number of anilines is 1. The quantitative estimate of drug-likeness (QED) is 0.658. The molecule has 13 heavy (non-hydrogen) atoms. The maximum absolute atomic E-state index is 9.89. The van der Waals surface area contributed by atoms with Gasteiger partial charge in [-0.3, -0.25) is 0 Å². The van der Waals surface area contributed by atoms with Gasteiger partial charge in [-0.1, -0.05) is 18.2 Å². The smallest absolute Gasteiger partial charge is 0.102 e. The van der Waals surface area contributed by atoms with Crippen LogP contribution in [0.2, 0.25) is 0 Å². The lowest BCUT2D eigenvalue weighted by molar-refractivity contribution is 0.159. The highest BCUT2D eigenvalue weighted by Gasteiger charge is 2.33. The van der Waals surface area contributed by atoms with Crippen LogP contribution in [0.15, 0.2) is 24.3 Å². The summed E-state index contributed by atoms with van der Waals surface area (Å²) in [6, 6.07) is 7.90. The molecule has 0 spiro atoms. The minimum atomic E-state index is -0.439. The van der Waals surface area contributed by atoms with Crippen molar-refractivity contribution in [2.45, 2.75) is 12.1 Å². The molecule has 0 saturated heterocycles. The molecule has 1 aromatic rings. The molecule has 0 aliphatic carbocycles. The van der Waals surface area contributed by atoms with Crippen LogP contribution in [0.4, 0.5) is 5.69 Å². The molecule has 0 saturated carbocycles. The number of hydrogen-bond acceptors (Lipinski definition) is 3. The topological polar surface area (TPSA) is 49.5 Å². The molecule has 3 nitrogen and oxygen atoms in total. The molecule has 2 atom stereocenters. The minimum absolute atomic E-state index is 0.0254. The van der Waals surface area contributed by atoms with Crippen LogP contribution in [0.25, 0.3) is 0 Å². The van der Waals surface area contributed by atoms with E-state index >= 15 is 0 Å². The van der Waals surface area contributed by atoms with E-state index in [0.717, 1.165) is 11.3 Å². The average molecular weight is 178 g/mol. The predicted molar refractivity (Wildman–Crippen MR) is 52.6 cm³/mol. The molecule has 2 rings (SSSR count). The van der Waals surface area contributed by atoms with Gasteiger partial charge in [0.25, 0.3) is 0 Å². The first kappa shape index (κ1) is 8.53. The zero-order valence-corrected chi connectivity index (χ0v) is 7.64. The van der Waals surface area contributed by atoms with E-state index in [-0.39, 0.29) is 6.04 Å². The monoisotopic (exact) mass is 178 g/mol. The number of rotatable bonds is 1. The molecule has 1 aromatic carbocycles. The van der Waals surface area contributed by atoms with Crippen molar-refractivity contribution in [1.29, 1.82) is 0 Å². The van der Waals surface area contributed by atoms with Crippen LogP contribution >= 0.6 is 0 Å². The summed E-state index contributed by atoms with van der Waals surface area (Å²) in [4.78, 5) is 2.04. The number of aliphatic hydroxyl groups is 1. The Balaban J connectivity index is 2.44. The molecule has 0 aromatic heterocycles. The summed E-state index contributed by atoms with van der Waals surface area (Å²) in [7, 11) is 1.96. The number of para-hydroxylation sites is 1. The number of likely N-dealkylation sites (N-methyl/N-ethyl adjacent to an activating group) is 1. The van der Waals surface area contributed by atoms with Gasteiger partial charge in [0.15, 0.2) is 0 Å². The summed E-state index contributed by atoms with van der Waals surface area (Å²) in [6.07, 6.45) is -0.439. The van der Waals surface area contributed by atoms with Crippen molar-refractivity contribution in [3.8, 4) is 0 Å². The number of nitrogens with zero attached hydrogens (tertiary/aromatic N) is 1. The van der Waals surface area contributed by atoms with Gasteiger partial charge in [0.2, 0.25) is 0 Å². The van der Waals surface area contributed by atoms with Crippen molar-refractivity contribution < 1.29 is 5.11 Å². The lowest BCUT2D eigenvalue weighted by Gasteiger charge is -2.22. The van der Waals surface area contributed by atoms with Crippen molar-refractivity contribution >= 4 is 5.69 Å². The van der Waals surface area contributed by atoms with E-state index in [4.69, 9.17) is 5.73 Å². The molecule has 0 fully saturated rings. The first-order chi connectivity index (χ1) is 6.25. The third-order valence-corrected chi connectivity index (χ3v) is 2.74. The van der Waals surface area contributed by atoms with Crippen molar-refractivity contribution in [1.82, 2.24) is 0 Å². The molecule has 0 radical (unpaired) electrons. The van der Waals surface area contributed by atoms with Gasteiger partial charge in [0.05, 0.1) is 6.04 Å². The van der Waals surface area contributed by atoms with E-state index in [1.165, 1.54) is 0 Å². The van der Waals surface area contributed by atoms with E-state index in [1.807, 2.05) is 36.2 Å². The minimum Gasteiger partial charge on any atom is -0.386 e. The summed E-state index contributed by atoms with van der Waals surface area (Å²) in [5.41, 5.74) is 7.67. The molecule has 70 valence electrons. The fraction of sp³-hybridized carbons (Fsp3) is 0.400. The van der Waals surface area contributed by atoms with Crippen LogP contribution in [-0.4, -0.2) is 24.7 Å². The summed E-state index contributed by atoms with van der Waals surface area (Å²) >= 11 is 0. The number of fused-ring (bicyclic) bond motifs is 1. The number of benzene rings is 1. The van der Waals surface area contributed by atoms with Gasteiger partial charge in [-0.25, -0.2) is 0 Å². The molecule has 1 aliphatic rings. The standard InChI is InChI=1S/C10H14N2O/c1-12-8-5-3-2-4-7(8)10(13)9(12)6-11/h2-5,9-10,13H,6,11H2,1H3. The number of aliphatic hydroxyl groups excluding tert-OH is 1. The van der Waals surface area contributed by atoms with Gasteiger partial charge in [-0.15, -0.1) is 0 Å². The Labute approximate surface area is 77.8 Å². The van der Waals surface area contributed by atoms with Gasteiger partial charge in [0.1, 0.15) is 6.10 Å². The molecule has 3 N–H and O–H groups in total. The van der Waals surface area contributed by atoms with Crippen LogP contribution in [0, 0.1) is 0 Å². The van der Waals surface area contributed by atoms with Crippen LogP contribution in [0.5, 0.6) is 0 Å². The Bertz CT molecular complexity index is 285. The largest absolute Gasteiger partial charge is 0.386 e. The highest BCUT2D eigenvalue weighted by Crippen LogP contribution is 2.37. The maximum Gasteiger partial charge on any atom is 0.102 e. The molecule has 1 aliphatic heterocycles. The van der Waals surface area contributed by atoms with E-state index in [0.29, 0.717) is 6.54 Å². The normalized spacial score (nSPS) is 26.2. The Morgan fingerprint density at radius 2 is 2.15 bits per heavy atom. The zero-order chi connectivity index (χ0) is 9.42. The summed E-state index contributed by atoms with van der Waals surface area (Å²) < 4.78 is 0. The second-order valence-corrected chi connectivity index (χ2v) is 3.42. The van der Waals surface area contributed by atoms with E-state index in [1.54, 1.807) is 0 Å². The average Bonchev–Trinajstić information content (AvgIpc) is 2.41. The molecule has 3 heteroatoms. The van der Waals surface area contributed by atoms with Crippen molar-refractivity contribution in [2.24, 2.45) is 5.73 Å². The fourth-order valence-corrected chi connectivity index (χ4v) is 1.94. The molecule has 1 heterocycles. The van der Waals surface area contributed by atoms with Gasteiger partial charge in [-0.05, 0) is 6.07 Å². The highest BCUT2D eigenvalue weighted by atomic mass is 16.3. The fourth-order valence-electron chi connectivity index (χ4n) is 1.94. The third-order valence-electron chi connectivity index (χ3n) is 2.74. The Morgan fingerprint density at radius 1 is 1.46 bits per heavy atom. The van der Waals surface area contributed by atoms with Crippen molar-refractivity contribution in [3.63, 3.8) is 0 Å². The summed E-state index contributed by atoms with van der Waals surface area (Å²) in [6.45, 7) is 0.479. The number of nitrogens with two attached hydrogens (primary N) is 1. The first-order valence-electron chi connectivity index (χ1n) is 4.45. The summed E-state index contributed by atoms with van der Waals surface area (Å²) in [5.74, 6) is 0. The Kier molecular flexibility index (Phi) is 1.98. The van der Waals surface area contributed by atoms with Gasteiger partial charge < -0.3 is 15.7 Å². The van der Waals surface area contributed by atoms with Crippen LogP contribution in [-0.2, 0) is 0 Å². The van der Waals surface area contributed by atoms with Crippen molar-refractivity contribution in [3.05, 3.63) is 29.8 Å². The number of hydrogen-bond donors (Lipinski definition) is 2. The lowest BCUT2D eigenvalue weighted by atomic mass is 10.1. The SMILES string of the molecule is CN1c2ccccc2C(O)C1CN. The lowest BCUT2D eigenvalue weighted by Crippen LogP contribution is -2.37. The van der Waals surface area contributed by atoms with Gasteiger partial charge >= 0.3 is 0 Å². The zero-order valence-electron chi connectivity index (χ0n) is 7.64. The van der Waals surface area contributed by atoms with Crippen LogP contribution in [0.1, 0.15) is 11.7 Å². The van der Waals surface area contributed by atoms with Gasteiger partial charge in [-0.2, -0.15) is 0 Å². The molecule has 0 amide bonds. The van der Waals surface area contributed by atoms with E-state index in [2.05, 4.69) is 0 Å². The van der Waals surface area contributed by atoms with E-state index < -0.39 is 6.10 Å². The molecule has 0 bridgehead atoms. The van der Waals surface area contributed by atoms with E-state index in [9.17, 15) is 5.11 Å². The Hall–Kier alpha value is -1.06. The second-order valence-electron chi connectivity index (χ2n) is 3.42. The molecule has 2 unspecified atom stereocenters. The Morgan fingerprint density at radius 3 is 2.77 bits per heavy atom. The maximum atomic E-state index is 9.89. The predicted octanol–water partition coefficient (Wildman–Crippen LogP) is 0.497. The van der Waals surface area contributed by atoms with Crippen LogP contribution < -0.4 is 10.6 Å². The second kappa shape index (κ2) is 3.01. The molecular weight excluding hydrogens is 164 g/mol. The highest BCUT2D eigenvalue weighted by molar-refractivity contribution is 5.60. The van der Waals surface area contributed by atoms with Crippen molar-refractivity contribution in [2.75, 3.05) is 18.5 Å². The summed E-state index contributed by atoms with van der Waals surface area (Å²) in [5, 5.41) is 9.89. The first-order valence-corrected chi connectivity index (χ1v) is 4.45. The third kappa shape index (κ3) is 1.12. The van der Waals surface area contributed by atoms with Gasteiger partial charge in [0, 0.05) is 24.8 Å². The van der Waals surface area contributed by atoms with Crippen LogP contribution in [0.3, 0.4) is 0 Å². The molecular formula is C10H14N2O.